The molecule has 0 amide bonds. The Hall–Kier alpha value is -2.44. The van der Waals surface area contributed by atoms with Crippen molar-refractivity contribution in [2.24, 2.45) is 5.92 Å². The number of aromatic nitrogens is 2. The first-order chi connectivity index (χ1) is 13.7. The van der Waals surface area contributed by atoms with Crippen LogP contribution in [0.4, 0.5) is 4.39 Å². The minimum atomic E-state index is -0.357. The van der Waals surface area contributed by atoms with Crippen LogP contribution in [-0.4, -0.2) is 23.2 Å². The van der Waals surface area contributed by atoms with Crippen LogP contribution in [0, 0.1) is 11.7 Å². The Morgan fingerprint density at radius 2 is 2.00 bits per heavy atom. The fourth-order valence-electron chi connectivity index (χ4n) is 4.52. The molecule has 1 N–H and O–H groups in total. The van der Waals surface area contributed by atoms with E-state index in [2.05, 4.69) is 10.5 Å². The van der Waals surface area contributed by atoms with Gasteiger partial charge in [0.15, 0.2) is 11.6 Å². The van der Waals surface area contributed by atoms with E-state index < -0.39 is 0 Å². The summed E-state index contributed by atoms with van der Waals surface area (Å²) < 4.78 is 24.9. The Balaban J connectivity index is 0.00000205. The van der Waals surface area contributed by atoms with E-state index in [0.717, 1.165) is 36.5 Å². The van der Waals surface area contributed by atoms with Gasteiger partial charge in [-0.2, -0.15) is 4.98 Å². The van der Waals surface area contributed by atoms with Crippen LogP contribution < -0.4 is 10.1 Å². The summed E-state index contributed by atoms with van der Waals surface area (Å²) in [6, 6.07) is 14.2. The standard InChI is InChI=1S/C22H22FN3O2.ClH/c23-18-5-1-2-6-19(18)27-13-15-7-9-16(10-8-15)20-25-21(28-26-20)22-11-3-4-17(22)12-24-14-22;/h1-2,5-10,17,24H,3-4,11-14H2;1H/t17-,22-;/m1./s1. The number of ether oxygens (including phenoxy) is 1. The van der Waals surface area contributed by atoms with Gasteiger partial charge in [0.1, 0.15) is 6.61 Å². The fraction of sp³-hybridized carbons (Fsp3) is 0.364. The number of halogens is 2. The van der Waals surface area contributed by atoms with E-state index in [4.69, 9.17) is 14.2 Å². The van der Waals surface area contributed by atoms with Crippen molar-refractivity contribution in [3.05, 3.63) is 65.8 Å². The molecule has 2 aromatic carbocycles. The Morgan fingerprint density at radius 1 is 1.17 bits per heavy atom. The quantitative estimate of drug-likeness (QED) is 0.664. The van der Waals surface area contributed by atoms with Crippen molar-refractivity contribution in [1.82, 2.24) is 15.5 Å². The van der Waals surface area contributed by atoms with E-state index in [0.29, 0.717) is 18.3 Å². The summed E-state index contributed by atoms with van der Waals surface area (Å²) in [5.74, 6) is 1.87. The lowest BCUT2D eigenvalue weighted by Gasteiger charge is -2.22. The first-order valence-electron chi connectivity index (χ1n) is 9.76. The van der Waals surface area contributed by atoms with Crippen molar-refractivity contribution in [3.63, 3.8) is 0 Å². The molecule has 5 nitrogen and oxygen atoms in total. The number of benzene rings is 2. The van der Waals surface area contributed by atoms with E-state index >= 15 is 0 Å². The molecule has 0 unspecified atom stereocenters. The predicted octanol–water partition coefficient (Wildman–Crippen LogP) is 4.52. The third kappa shape index (κ3) is 3.63. The van der Waals surface area contributed by atoms with Crippen LogP contribution in [0.5, 0.6) is 5.75 Å². The smallest absolute Gasteiger partial charge is 0.234 e. The zero-order chi connectivity index (χ0) is 19.0. The number of rotatable bonds is 5. The maximum absolute atomic E-state index is 13.6. The topological polar surface area (TPSA) is 60.2 Å². The highest BCUT2D eigenvalue weighted by Crippen LogP contribution is 2.47. The molecule has 2 aliphatic rings. The molecule has 5 rings (SSSR count). The summed E-state index contributed by atoms with van der Waals surface area (Å²) in [4.78, 5) is 4.73. The summed E-state index contributed by atoms with van der Waals surface area (Å²) in [7, 11) is 0. The van der Waals surface area contributed by atoms with Gasteiger partial charge in [0.2, 0.25) is 11.7 Å². The van der Waals surface area contributed by atoms with Crippen LogP contribution >= 0.6 is 12.4 Å². The van der Waals surface area contributed by atoms with E-state index in [1.807, 2.05) is 24.3 Å². The second-order valence-corrected chi connectivity index (χ2v) is 7.72. The van der Waals surface area contributed by atoms with Gasteiger partial charge in [-0.15, -0.1) is 12.4 Å². The second-order valence-electron chi connectivity index (χ2n) is 7.72. The number of hydrogen-bond acceptors (Lipinski definition) is 5. The molecule has 2 heterocycles. The number of hydrogen-bond donors (Lipinski definition) is 1. The summed E-state index contributed by atoms with van der Waals surface area (Å²) in [5.41, 5.74) is 1.87. The van der Waals surface area contributed by atoms with E-state index in [1.54, 1.807) is 18.2 Å². The largest absolute Gasteiger partial charge is 0.486 e. The molecular formula is C22H23ClFN3O2. The highest BCUT2D eigenvalue weighted by Gasteiger charge is 2.51. The van der Waals surface area contributed by atoms with Crippen LogP contribution in [0.15, 0.2) is 53.1 Å². The minimum Gasteiger partial charge on any atom is -0.486 e. The van der Waals surface area contributed by atoms with Crippen LogP contribution in [0.1, 0.15) is 30.7 Å². The normalized spacial score (nSPS) is 22.9. The highest BCUT2D eigenvalue weighted by atomic mass is 35.5. The number of para-hydroxylation sites is 1. The summed E-state index contributed by atoms with van der Waals surface area (Å²) in [6.45, 7) is 2.26. The van der Waals surface area contributed by atoms with Gasteiger partial charge in [0.25, 0.3) is 0 Å². The lowest BCUT2D eigenvalue weighted by Crippen LogP contribution is -2.31. The number of fused-ring (bicyclic) bond motifs is 1. The number of nitrogens with one attached hydrogen (secondary N) is 1. The van der Waals surface area contributed by atoms with Crippen LogP contribution in [0.2, 0.25) is 0 Å². The Bertz CT molecular complexity index is 966. The average Bonchev–Trinajstić information content (AvgIpc) is 3.43. The van der Waals surface area contributed by atoms with Gasteiger partial charge in [0.05, 0.1) is 5.41 Å². The van der Waals surface area contributed by atoms with Gasteiger partial charge in [-0.3, -0.25) is 0 Å². The van der Waals surface area contributed by atoms with Crippen LogP contribution in [0.25, 0.3) is 11.4 Å². The third-order valence-corrected chi connectivity index (χ3v) is 6.08. The molecule has 152 valence electrons. The molecule has 0 spiro atoms. The second kappa shape index (κ2) is 8.13. The van der Waals surface area contributed by atoms with Gasteiger partial charge in [-0.05, 0) is 43.0 Å². The predicted molar refractivity (Wildman–Crippen MR) is 110 cm³/mol. The molecule has 7 heteroatoms. The molecule has 1 aliphatic carbocycles. The van der Waals surface area contributed by atoms with Gasteiger partial charge < -0.3 is 14.6 Å². The lowest BCUT2D eigenvalue weighted by atomic mass is 9.80. The zero-order valence-corrected chi connectivity index (χ0v) is 16.8. The van der Waals surface area contributed by atoms with Gasteiger partial charge in [-0.25, -0.2) is 4.39 Å². The Kier molecular flexibility index (Phi) is 5.56. The molecule has 1 aliphatic heterocycles. The first-order valence-corrected chi connectivity index (χ1v) is 9.76. The summed E-state index contributed by atoms with van der Waals surface area (Å²) in [5, 5.41) is 7.71. The Morgan fingerprint density at radius 3 is 2.83 bits per heavy atom. The van der Waals surface area contributed by atoms with Gasteiger partial charge in [-0.1, -0.05) is 48.0 Å². The molecule has 1 saturated heterocycles. The third-order valence-electron chi connectivity index (χ3n) is 6.08. The highest BCUT2D eigenvalue weighted by molar-refractivity contribution is 5.85. The minimum absolute atomic E-state index is 0. The zero-order valence-electron chi connectivity index (χ0n) is 15.9. The molecule has 2 atom stereocenters. The molecule has 1 saturated carbocycles. The number of nitrogens with zero attached hydrogens (tertiary/aromatic N) is 2. The van der Waals surface area contributed by atoms with E-state index in [9.17, 15) is 4.39 Å². The van der Waals surface area contributed by atoms with Crippen molar-refractivity contribution in [1.29, 1.82) is 0 Å². The lowest BCUT2D eigenvalue weighted by molar-refractivity contribution is 0.265. The van der Waals surface area contributed by atoms with Crippen molar-refractivity contribution in [3.8, 4) is 17.1 Å². The maximum atomic E-state index is 13.6. The molecule has 29 heavy (non-hydrogen) atoms. The van der Waals surface area contributed by atoms with Gasteiger partial charge >= 0.3 is 0 Å². The van der Waals surface area contributed by atoms with Crippen molar-refractivity contribution < 1.29 is 13.7 Å². The monoisotopic (exact) mass is 415 g/mol. The van der Waals surface area contributed by atoms with E-state index in [-0.39, 0.29) is 29.4 Å². The van der Waals surface area contributed by atoms with Crippen molar-refractivity contribution >= 4 is 12.4 Å². The van der Waals surface area contributed by atoms with Crippen LogP contribution in [-0.2, 0) is 12.0 Å². The molecule has 0 bridgehead atoms. The SMILES string of the molecule is Cl.Fc1ccccc1OCc1ccc(-c2noc([C@@]34CCC[C@@H]3CNC4)n2)cc1. The first kappa shape index (κ1) is 19.9. The van der Waals surface area contributed by atoms with E-state index in [1.165, 1.54) is 18.9 Å². The summed E-state index contributed by atoms with van der Waals surface area (Å²) in [6.07, 6.45) is 3.56. The van der Waals surface area contributed by atoms with Crippen molar-refractivity contribution in [2.45, 2.75) is 31.3 Å². The van der Waals surface area contributed by atoms with Gasteiger partial charge in [0, 0.05) is 12.1 Å². The Labute approximate surface area is 175 Å². The molecule has 3 aromatic rings. The molecule has 0 radical (unpaired) electrons. The molecular weight excluding hydrogens is 393 g/mol. The average molecular weight is 416 g/mol. The molecule has 2 fully saturated rings. The molecule has 1 aromatic heterocycles. The maximum Gasteiger partial charge on any atom is 0.234 e. The summed E-state index contributed by atoms with van der Waals surface area (Å²) >= 11 is 0. The van der Waals surface area contributed by atoms with Crippen LogP contribution in [0.3, 0.4) is 0 Å². The van der Waals surface area contributed by atoms with Crippen molar-refractivity contribution in [2.75, 3.05) is 13.1 Å². The fourth-order valence-corrected chi connectivity index (χ4v) is 4.52.